The fourth-order valence-electron chi connectivity index (χ4n) is 0.0680. The van der Waals surface area contributed by atoms with Crippen LogP contribution in [0.15, 0.2) is 0 Å². The molecule has 40 N–H and O–H groups in total. The van der Waals surface area contributed by atoms with Gasteiger partial charge in [0.25, 0.3) is 0 Å². The summed E-state index contributed by atoms with van der Waals surface area (Å²) in [7, 11) is -10.6. The van der Waals surface area contributed by atoms with E-state index in [0.29, 0.717) is 0 Å². The molecule has 0 aliphatic heterocycles. The average molecular weight is 631 g/mol. The zero-order chi connectivity index (χ0) is 8.41. The molecule has 0 spiro atoms. The Bertz CT molecular complexity index is 257. The van der Waals surface area contributed by atoms with Crippen LogP contribution in [0, 0.1) is 0 Å². The summed E-state index contributed by atoms with van der Waals surface area (Å²) in [6, 6.07) is 0. The molecule has 0 aromatic heterocycles. The van der Waals surface area contributed by atoms with Gasteiger partial charge < -0.3 is 119 Å². The van der Waals surface area contributed by atoms with Gasteiger partial charge >= 0.3 is 103 Å². The summed E-state index contributed by atoms with van der Waals surface area (Å²) < 4.78 is 61.5. The third-order valence-electron chi connectivity index (χ3n) is 0.194. The van der Waals surface area contributed by atoms with Crippen molar-refractivity contribution < 1.29 is 247 Å². The normalized spacial score (nSPS) is 4.19. The van der Waals surface area contributed by atoms with Crippen LogP contribution in [-0.2, 0) is 29.5 Å². The zero-order valence-corrected chi connectivity index (χ0v) is 24.0. The second-order valence-corrected chi connectivity index (χ2v) is 2.86. The smallest absolute Gasteiger partial charge is 0.724 e. The van der Waals surface area contributed by atoms with Crippen molar-refractivity contribution in [2.24, 2.45) is 0 Å². The van der Waals surface area contributed by atoms with Gasteiger partial charge in [0.2, 0.25) is 20.8 Å². The van der Waals surface area contributed by atoms with Crippen molar-refractivity contribution in [3.63, 3.8) is 0 Å². The molecule has 0 aromatic carbocycles. The molecule has 32 heteroatoms. The molecule has 0 aromatic rings. The summed E-state index contributed by atoms with van der Waals surface area (Å²) in [6.07, 6.45) is 0. The summed E-state index contributed by atoms with van der Waals surface area (Å²) in [5.41, 5.74) is 0. The van der Waals surface area contributed by atoms with E-state index in [2.05, 4.69) is 8.67 Å². The standard InChI is InChI=1S/2K.H2O8S2.20H2O/c;;1-9(2,3)7-8-10(4,5)6;;;;;;;;;;;;;;;;;;;;/h;;(H,1,2,3)(H,4,5,6);20*1H2/q2*+1;;;;;;;;;;;;;;;;;;;;;/p-2. The maximum Gasteiger partial charge on any atom is 1.00 e. The Hall–Kier alpha value is 2.21. The Kier molecular flexibility index (Phi) is 1230. The Morgan fingerprint density at radius 3 is 0.406 bits per heavy atom. The predicted octanol–water partition coefficient (Wildman–Crippen LogP) is -24.6. The summed E-state index contributed by atoms with van der Waals surface area (Å²) in [4.78, 5) is 0. The number of rotatable bonds is 3. The molecule has 222 valence electrons. The van der Waals surface area contributed by atoms with Crippen LogP contribution >= 0.6 is 0 Å². The van der Waals surface area contributed by atoms with Crippen molar-refractivity contribution >= 4 is 20.8 Å². The summed E-state index contributed by atoms with van der Waals surface area (Å²) in [5, 5.41) is 0. The van der Waals surface area contributed by atoms with Crippen molar-refractivity contribution in [1.29, 1.82) is 0 Å². The first-order chi connectivity index (χ1) is 4.21. The van der Waals surface area contributed by atoms with Crippen molar-refractivity contribution in [1.82, 2.24) is 0 Å². The monoisotopic (exact) mass is 630 g/mol. The van der Waals surface area contributed by atoms with Gasteiger partial charge in [-0.2, -0.15) is 0 Å². The fourth-order valence-corrected chi connectivity index (χ4v) is 0.612. The quantitative estimate of drug-likeness (QED) is 0.0944. The van der Waals surface area contributed by atoms with Crippen LogP contribution in [0.1, 0.15) is 0 Å². The maximum absolute atomic E-state index is 9.37. The van der Waals surface area contributed by atoms with Crippen molar-refractivity contribution in [3.05, 3.63) is 0 Å². The molecular weight excluding hydrogens is 590 g/mol. The molecule has 0 unspecified atom stereocenters. The minimum atomic E-state index is -5.31. The minimum Gasteiger partial charge on any atom is -0.724 e. The van der Waals surface area contributed by atoms with Crippen LogP contribution in [0.3, 0.4) is 0 Å². The van der Waals surface area contributed by atoms with Crippen LogP contribution in [0.2, 0.25) is 0 Å². The molecule has 0 rings (SSSR count). The first-order valence-electron chi connectivity index (χ1n) is 1.50. The van der Waals surface area contributed by atoms with Crippen LogP contribution in [0.5, 0.6) is 0 Å². The minimum absolute atomic E-state index is 0. The Morgan fingerprint density at radius 2 is 0.375 bits per heavy atom. The molecule has 0 saturated carbocycles. The van der Waals surface area contributed by atoms with E-state index in [1.807, 2.05) is 0 Å². The van der Waals surface area contributed by atoms with Crippen LogP contribution in [0.25, 0.3) is 0 Å². The van der Waals surface area contributed by atoms with Gasteiger partial charge in [-0.25, -0.2) is 16.8 Å². The second kappa shape index (κ2) is 131. The molecule has 0 fully saturated rings. The van der Waals surface area contributed by atoms with Crippen LogP contribution < -0.4 is 103 Å². The Morgan fingerprint density at radius 1 is 0.312 bits per heavy atom. The van der Waals surface area contributed by atoms with E-state index in [1.165, 1.54) is 0 Å². The van der Waals surface area contributed by atoms with Gasteiger partial charge in [0.1, 0.15) is 0 Å². The first-order valence-corrected chi connectivity index (χ1v) is 4.17. The van der Waals surface area contributed by atoms with Crippen molar-refractivity contribution in [3.8, 4) is 0 Å². The van der Waals surface area contributed by atoms with E-state index in [1.54, 1.807) is 0 Å². The van der Waals surface area contributed by atoms with E-state index in [0.717, 1.165) is 0 Å². The summed E-state index contributed by atoms with van der Waals surface area (Å²) in [5.74, 6) is 0. The van der Waals surface area contributed by atoms with Crippen molar-refractivity contribution in [2.45, 2.75) is 0 Å². The topological polar surface area (TPSA) is 763 Å². The Balaban J connectivity index is -0.00000000175. The summed E-state index contributed by atoms with van der Waals surface area (Å²) in [6.45, 7) is 0. The van der Waals surface area contributed by atoms with E-state index >= 15 is 0 Å². The maximum atomic E-state index is 9.37. The largest absolute Gasteiger partial charge is 1.00 e. The molecule has 0 heterocycles. The molecule has 0 radical (unpaired) electrons. The van der Waals surface area contributed by atoms with E-state index in [4.69, 9.17) is 0 Å². The third-order valence-corrected chi connectivity index (χ3v) is 0.750. The van der Waals surface area contributed by atoms with E-state index < -0.39 is 20.8 Å². The van der Waals surface area contributed by atoms with E-state index in [9.17, 15) is 25.9 Å². The SMILES string of the molecule is O.O.O.O.O.O.O.O.O.O.O.O.O.O.O.O.O.O.O.O.O=S(=O)([O-])OOS(=O)(=O)[O-].[K+].[K+]. The molecule has 0 aliphatic rings. The molecule has 0 atom stereocenters. The second-order valence-electron chi connectivity index (χ2n) is 0.953. The molecule has 0 amide bonds. The molecule has 28 nitrogen and oxygen atoms in total. The van der Waals surface area contributed by atoms with Gasteiger partial charge in [-0.1, -0.05) is 0 Å². The van der Waals surface area contributed by atoms with Gasteiger partial charge in [0, 0.05) is 0 Å². The predicted molar refractivity (Wildman–Crippen MR) is 93.8 cm³/mol. The van der Waals surface area contributed by atoms with Crippen LogP contribution in [-0.4, -0.2) is 135 Å². The van der Waals surface area contributed by atoms with Gasteiger partial charge in [0.15, 0.2) is 0 Å². The van der Waals surface area contributed by atoms with Gasteiger partial charge in [0.05, 0.1) is 0 Å². The zero-order valence-electron chi connectivity index (χ0n) is 16.1. The summed E-state index contributed by atoms with van der Waals surface area (Å²) >= 11 is 0. The third kappa shape index (κ3) is 370. The number of hydrogen-bond acceptors (Lipinski definition) is 8. The van der Waals surface area contributed by atoms with Crippen LogP contribution in [0.4, 0.5) is 0 Å². The van der Waals surface area contributed by atoms with Crippen molar-refractivity contribution in [2.75, 3.05) is 0 Å². The Labute approximate surface area is 264 Å². The molecule has 0 saturated heterocycles. The molecule has 32 heavy (non-hydrogen) atoms. The molecule has 0 aliphatic carbocycles. The average Bonchev–Trinajstić information content (AvgIpc) is 1.57. The van der Waals surface area contributed by atoms with E-state index in [-0.39, 0.29) is 212 Å². The molecular formula is H40K2O28S2. The van der Waals surface area contributed by atoms with Gasteiger partial charge in [-0.3, -0.25) is 0 Å². The fraction of sp³-hybridized carbons (Fsp3) is 0. The van der Waals surface area contributed by atoms with Gasteiger partial charge in [-0.05, 0) is 0 Å². The first kappa shape index (κ1) is 300. The van der Waals surface area contributed by atoms with Gasteiger partial charge in [-0.15, -0.1) is 8.67 Å². The number of hydrogen-bond donors (Lipinski definition) is 0. The molecule has 0 bridgehead atoms.